The van der Waals surface area contributed by atoms with Gasteiger partial charge >= 0.3 is 6.09 Å². The molecule has 2 fully saturated rings. The summed E-state index contributed by atoms with van der Waals surface area (Å²) in [6, 6.07) is -0.0637. The third-order valence-corrected chi connectivity index (χ3v) is 5.61. The van der Waals surface area contributed by atoms with Gasteiger partial charge in [-0.2, -0.15) is 0 Å². The predicted molar refractivity (Wildman–Crippen MR) is 95.4 cm³/mol. The van der Waals surface area contributed by atoms with Crippen LogP contribution in [0.4, 0.5) is 4.79 Å². The van der Waals surface area contributed by atoms with Gasteiger partial charge in [-0.3, -0.25) is 0 Å². The Labute approximate surface area is 151 Å². The van der Waals surface area contributed by atoms with E-state index in [0.29, 0.717) is 19.1 Å². The Morgan fingerprint density at radius 1 is 1.24 bits per heavy atom. The molecule has 0 bridgehead atoms. The standard InChI is InChI=1S/C19H35NO5/c1-19(2,3)17-15(9-13-25-16-6-4-5-12-24-16)14(8-11-21)7-10-20(17)18(22)23/h14-17,21H,4-13H2,1-3H3,(H,22,23)/t14-,15+,16?,17?/m0/s1. The minimum absolute atomic E-state index is 0.0637. The summed E-state index contributed by atoms with van der Waals surface area (Å²) < 4.78 is 11.5. The molecule has 0 radical (unpaired) electrons. The van der Waals surface area contributed by atoms with Gasteiger partial charge in [-0.1, -0.05) is 20.8 Å². The first-order valence-corrected chi connectivity index (χ1v) is 9.68. The van der Waals surface area contributed by atoms with Crippen LogP contribution >= 0.6 is 0 Å². The number of rotatable bonds is 6. The number of carboxylic acid groups (broad SMARTS) is 1. The van der Waals surface area contributed by atoms with E-state index in [1.54, 1.807) is 4.90 Å². The molecule has 0 saturated carbocycles. The summed E-state index contributed by atoms with van der Waals surface area (Å²) >= 11 is 0. The normalized spacial score (nSPS) is 31.1. The molecule has 146 valence electrons. The Morgan fingerprint density at radius 3 is 2.56 bits per heavy atom. The number of hydrogen-bond donors (Lipinski definition) is 2. The lowest BCUT2D eigenvalue weighted by Crippen LogP contribution is -2.57. The number of piperidine rings is 1. The van der Waals surface area contributed by atoms with Crippen molar-refractivity contribution in [3.8, 4) is 0 Å². The third-order valence-electron chi connectivity index (χ3n) is 5.61. The van der Waals surface area contributed by atoms with Crippen molar-refractivity contribution in [2.75, 3.05) is 26.4 Å². The molecule has 0 aromatic heterocycles. The fraction of sp³-hybridized carbons (Fsp3) is 0.947. The summed E-state index contributed by atoms with van der Waals surface area (Å²) in [6.45, 7) is 8.35. The molecule has 0 spiro atoms. The summed E-state index contributed by atoms with van der Waals surface area (Å²) in [6.07, 6.45) is 4.56. The van der Waals surface area contributed by atoms with Crippen LogP contribution in [0.15, 0.2) is 0 Å². The number of carbonyl (C=O) groups is 1. The molecule has 2 saturated heterocycles. The van der Waals surface area contributed by atoms with E-state index in [2.05, 4.69) is 20.8 Å². The summed E-state index contributed by atoms with van der Waals surface area (Å²) in [5, 5.41) is 19.1. The van der Waals surface area contributed by atoms with Crippen molar-refractivity contribution in [2.24, 2.45) is 17.3 Å². The average Bonchev–Trinajstić information content (AvgIpc) is 2.55. The van der Waals surface area contributed by atoms with E-state index in [4.69, 9.17) is 9.47 Å². The second-order valence-corrected chi connectivity index (χ2v) is 8.47. The second kappa shape index (κ2) is 9.19. The number of hydrogen-bond acceptors (Lipinski definition) is 4. The quantitative estimate of drug-likeness (QED) is 0.762. The van der Waals surface area contributed by atoms with Crippen molar-refractivity contribution in [1.29, 1.82) is 0 Å². The predicted octanol–water partition coefficient (Wildman–Crippen LogP) is 3.33. The number of aliphatic hydroxyl groups excluding tert-OH is 1. The summed E-state index contributed by atoms with van der Waals surface area (Å²) in [5.41, 5.74) is -0.154. The van der Waals surface area contributed by atoms with Gasteiger partial charge in [0.15, 0.2) is 6.29 Å². The minimum Gasteiger partial charge on any atom is -0.465 e. The molecule has 25 heavy (non-hydrogen) atoms. The lowest BCUT2D eigenvalue weighted by atomic mass is 9.67. The average molecular weight is 357 g/mol. The Morgan fingerprint density at radius 2 is 2.00 bits per heavy atom. The monoisotopic (exact) mass is 357 g/mol. The lowest BCUT2D eigenvalue weighted by Gasteiger charge is -2.50. The highest BCUT2D eigenvalue weighted by Gasteiger charge is 2.45. The third kappa shape index (κ3) is 5.56. The van der Waals surface area contributed by atoms with Crippen LogP contribution in [0.25, 0.3) is 0 Å². The molecule has 2 N–H and O–H groups in total. The molecule has 0 aromatic rings. The summed E-state index contributed by atoms with van der Waals surface area (Å²) in [5.74, 6) is 0.529. The highest BCUT2D eigenvalue weighted by atomic mass is 16.7. The molecule has 1 amide bonds. The minimum atomic E-state index is -0.844. The molecule has 2 aliphatic rings. The number of aliphatic hydroxyl groups is 1. The molecule has 6 nitrogen and oxygen atoms in total. The maximum Gasteiger partial charge on any atom is 0.407 e. The smallest absolute Gasteiger partial charge is 0.407 e. The van der Waals surface area contributed by atoms with Gasteiger partial charge in [0, 0.05) is 25.8 Å². The zero-order valence-corrected chi connectivity index (χ0v) is 15.9. The number of nitrogens with zero attached hydrogens (tertiary/aromatic N) is 1. The van der Waals surface area contributed by atoms with Crippen LogP contribution < -0.4 is 0 Å². The van der Waals surface area contributed by atoms with Crippen molar-refractivity contribution < 1.29 is 24.5 Å². The van der Waals surface area contributed by atoms with E-state index in [9.17, 15) is 15.0 Å². The molecular weight excluding hydrogens is 322 g/mol. The first kappa shape index (κ1) is 20.5. The molecule has 6 heteroatoms. The molecule has 0 aromatic carbocycles. The zero-order valence-electron chi connectivity index (χ0n) is 15.9. The largest absolute Gasteiger partial charge is 0.465 e. The van der Waals surface area contributed by atoms with Crippen LogP contribution in [-0.2, 0) is 9.47 Å². The van der Waals surface area contributed by atoms with Gasteiger partial charge in [0.2, 0.25) is 0 Å². The number of amides is 1. The van der Waals surface area contributed by atoms with E-state index < -0.39 is 6.09 Å². The van der Waals surface area contributed by atoms with Crippen LogP contribution in [0.3, 0.4) is 0 Å². The van der Waals surface area contributed by atoms with Crippen molar-refractivity contribution in [2.45, 2.75) is 71.6 Å². The first-order chi connectivity index (χ1) is 11.8. The van der Waals surface area contributed by atoms with Crippen LogP contribution in [0.5, 0.6) is 0 Å². The molecule has 4 atom stereocenters. The van der Waals surface area contributed by atoms with Crippen molar-refractivity contribution >= 4 is 6.09 Å². The topological polar surface area (TPSA) is 79.2 Å². The highest BCUT2D eigenvalue weighted by molar-refractivity contribution is 5.65. The Hall–Kier alpha value is -0.850. The van der Waals surface area contributed by atoms with E-state index in [1.165, 1.54) is 0 Å². The van der Waals surface area contributed by atoms with Crippen molar-refractivity contribution in [3.63, 3.8) is 0 Å². The van der Waals surface area contributed by atoms with E-state index >= 15 is 0 Å². The Balaban J connectivity index is 2.05. The molecule has 2 heterocycles. The highest BCUT2D eigenvalue weighted by Crippen LogP contribution is 2.42. The van der Waals surface area contributed by atoms with Gasteiger partial charge in [0.1, 0.15) is 0 Å². The lowest BCUT2D eigenvalue weighted by molar-refractivity contribution is -0.167. The summed E-state index contributed by atoms with van der Waals surface area (Å²) in [7, 11) is 0. The van der Waals surface area contributed by atoms with Crippen molar-refractivity contribution in [3.05, 3.63) is 0 Å². The SMILES string of the molecule is CC(C)(C)C1[C@H](CCOC2CCCCO2)[C@H](CCO)CCN1C(=O)O. The van der Waals surface area contributed by atoms with E-state index in [1.807, 2.05) is 0 Å². The van der Waals surface area contributed by atoms with Gasteiger partial charge < -0.3 is 24.6 Å². The molecular formula is C19H35NO5. The maximum atomic E-state index is 11.8. The fourth-order valence-electron chi connectivity index (χ4n) is 4.57. The Kier molecular flexibility index (Phi) is 7.52. The van der Waals surface area contributed by atoms with Gasteiger partial charge in [0.05, 0.1) is 6.61 Å². The van der Waals surface area contributed by atoms with Gasteiger partial charge in [-0.25, -0.2) is 4.79 Å². The second-order valence-electron chi connectivity index (χ2n) is 8.47. The van der Waals surface area contributed by atoms with Crippen LogP contribution in [-0.4, -0.2) is 59.9 Å². The van der Waals surface area contributed by atoms with Crippen LogP contribution in [0.2, 0.25) is 0 Å². The summed E-state index contributed by atoms with van der Waals surface area (Å²) in [4.78, 5) is 13.4. The van der Waals surface area contributed by atoms with Crippen LogP contribution in [0, 0.1) is 17.3 Å². The Bertz CT molecular complexity index is 417. The maximum absolute atomic E-state index is 11.8. The number of ether oxygens (including phenoxy) is 2. The van der Waals surface area contributed by atoms with Gasteiger partial charge in [0.25, 0.3) is 0 Å². The van der Waals surface area contributed by atoms with Gasteiger partial charge in [-0.05, 0) is 55.8 Å². The molecule has 2 aliphatic heterocycles. The number of likely N-dealkylation sites (tertiary alicyclic amines) is 1. The van der Waals surface area contributed by atoms with Crippen LogP contribution in [0.1, 0.15) is 59.3 Å². The van der Waals surface area contributed by atoms with Crippen molar-refractivity contribution in [1.82, 2.24) is 4.90 Å². The van der Waals surface area contributed by atoms with Gasteiger partial charge in [-0.15, -0.1) is 0 Å². The first-order valence-electron chi connectivity index (χ1n) is 9.68. The molecule has 2 rings (SSSR count). The zero-order chi connectivity index (χ0) is 18.4. The fourth-order valence-corrected chi connectivity index (χ4v) is 4.57. The molecule has 0 aliphatic carbocycles. The van der Waals surface area contributed by atoms with E-state index in [0.717, 1.165) is 45.1 Å². The molecule has 2 unspecified atom stereocenters. The van der Waals surface area contributed by atoms with E-state index in [-0.39, 0.29) is 30.3 Å².